The molecule has 1 unspecified atom stereocenters. The van der Waals surface area contributed by atoms with Crippen LogP contribution in [0.3, 0.4) is 0 Å². The number of nitrogens with zero attached hydrogens (tertiary/aromatic N) is 2. The molecule has 9 nitrogen and oxygen atoms in total. The summed E-state index contributed by atoms with van der Waals surface area (Å²) < 4.78 is 54.1. The molecule has 43 heavy (non-hydrogen) atoms. The fraction of sp³-hybridized carbons (Fsp3) is 0.375. The number of hydrogen-bond acceptors (Lipinski definition) is 6. The highest BCUT2D eigenvalue weighted by atomic mass is 32.2. The average molecular weight is 610 g/mol. The molecule has 3 aromatic rings. The Bertz CT molecular complexity index is 1530. The number of amides is 2. The molecule has 1 saturated carbocycles. The Hall–Kier alpha value is -4.12. The standard InChI is InChI=1S/C32H36FN3O6S/c1-23(32(38)34-26-10-6-3-7-11-26)35(21-24-8-4-2-5-9-24)31(37)22-36(27-14-12-25(33)13-15-27)43(39,40)28-16-17-29-30(20-28)42-19-18-41-29/h2,4-5,8-9,12-17,20,23,26H,3,6-7,10-11,18-19,21-22H2,1H3,(H,34,38). The second kappa shape index (κ2) is 13.5. The quantitative estimate of drug-likeness (QED) is 0.359. The maximum Gasteiger partial charge on any atom is 0.264 e. The molecule has 1 N–H and O–H groups in total. The highest BCUT2D eigenvalue weighted by Crippen LogP contribution is 2.34. The summed E-state index contributed by atoms with van der Waals surface area (Å²) in [5.74, 6) is -0.733. The van der Waals surface area contributed by atoms with E-state index in [1.54, 1.807) is 6.92 Å². The van der Waals surface area contributed by atoms with Crippen LogP contribution in [0.5, 0.6) is 11.5 Å². The summed E-state index contributed by atoms with van der Waals surface area (Å²) in [5, 5.41) is 3.08. The van der Waals surface area contributed by atoms with E-state index >= 15 is 0 Å². The number of halogens is 1. The van der Waals surface area contributed by atoms with Crippen molar-refractivity contribution in [1.82, 2.24) is 10.2 Å². The molecule has 5 rings (SSSR count). The van der Waals surface area contributed by atoms with Gasteiger partial charge in [-0.25, -0.2) is 12.8 Å². The maximum absolute atomic E-state index is 14.1. The van der Waals surface area contributed by atoms with E-state index in [0.29, 0.717) is 12.4 Å². The molecule has 1 aliphatic carbocycles. The fourth-order valence-electron chi connectivity index (χ4n) is 5.38. The van der Waals surface area contributed by atoms with Gasteiger partial charge in [-0.3, -0.25) is 13.9 Å². The van der Waals surface area contributed by atoms with Gasteiger partial charge in [0.1, 0.15) is 31.6 Å². The van der Waals surface area contributed by atoms with E-state index in [1.807, 2.05) is 30.3 Å². The number of nitrogens with one attached hydrogen (secondary N) is 1. The van der Waals surface area contributed by atoms with E-state index in [1.165, 1.54) is 35.2 Å². The summed E-state index contributed by atoms with van der Waals surface area (Å²) in [4.78, 5) is 28.7. The summed E-state index contributed by atoms with van der Waals surface area (Å²) in [6, 6.07) is 17.5. The van der Waals surface area contributed by atoms with Crippen LogP contribution in [0.25, 0.3) is 0 Å². The third-order valence-electron chi connectivity index (χ3n) is 7.81. The van der Waals surface area contributed by atoms with Crippen molar-refractivity contribution in [2.45, 2.75) is 62.6 Å². The third-order valence-corrected chi connectivity index (χ3v) is 9.58. The van der Waals surface area contributed by atoms with Crippen LogP contribution in [-0.2, 0) is 26.2 Å². The van der Waals surface area contributed by atoms with Crippen LogP contribution >= 0.6 is 0 Å². The lowest BCUT2D eigenvalue weighted by molar-refractivity contribution is -0.139. The predicted molar refractivity (Wildman–Crippen MR) is 160 cm³/mol. The maximum atomic E-state index is 14.1. The van der Waals surface area contributed by atoms with Gasteiger partial charge in [-0.05, 0) is 61.7 Å². The minimum Gasteiger partial charge on any atom is -0.486 e. The van der Waals surface area contributed by atoms with Gasteiger partial charge in [0, 0.05) is 18.7 Å². The molecule has 2 aliphatic rings. The van der Waals surface area contributed by atoms with Crippen LogP contribution in [0.2, 0.25) is 0 Å². The Kier molecular flexibility index (Phi) is 9.49. The van der Waals surface area contributed by atoms with E-state index < -0.39 is 34.3 Å². The van der Waals surface area contributed by atoms with E-state index in [0.717, 1.165) is 54.1 Å². The number of rotatable bonds is 10. The van der Waals surface area contributed by atoms with Gasteiger partial charge in [-0.1, -0.05) is 49.6 Å². The zero-order chi connectivity index (χ0) is 30.4. The average Bonchev–Trinajstić information content (AvgIpc) is 3.03. The lowest BCUT2D eigenvalue weighted by Crippen LogP contribution is -2.53. The smallest absolute Gasteiger partial charge is 0.264 e. The Labute approximate surface area is 251 Å². The Morgan fingerprint density at radius 2 is 1.60 bits per heavy atom. The van der Waals surface area contributed by atoms with Crippen LogP contribution in [0.4, 0.5) is 10.1 Å². The summed E-state index contributed by atoms with van der Waals surface area (Å²) in [7, 11) is -4.34. The minimum absolute atomic E-state index is 0.0451. The normalized spacial score (nSPS) is 15.8. The first-order chi connectivity index (χ1) is 20.7. The molecule has 1 fully saturated rings. The predicted octanol–water partition coefficient (Wildman–Crippen LogP) is 4.66. The Balaban J connectivity index is 1.46. The van der Waals surface area contributed by atoms with Crippen molar-refractivity contribution >= 4 is 27.5 Å². The fourth-order valence-corrected chi connectivity index (χ4v) is 6.81. The molecule has 0 bridgehead atoms. The van der Waals surface area contributed by atoms with Gasteiger partial charge < -0.3 is 19.7 Å². The van der Waals surface area contributed by atoms with E-state index in [-0.39, 0.29) is 41.4 Å². The molecule has 0 aromatic heterocycles. The SMILES string of the molecule is CC(C(=O)NC1CCCCC1)N(Cc1ccccc1)C(=O)CN(c1ccc(F)cc1)S(=O)(=O)c1ccc2c(c1)OCCO2. The molecule has 228 valence electrons. The van der Waals surface area contributed by atoms with Crippen molar-refractivity contribution in [1.29, 1.82) is 0 Å². The van der Waals surface area contributed by atoms with Crippen LogP contribution in [0, 0.1) is 5.82 Å². The molecule has 3 aromatic carbocycles. The van der Waals surface area contributed by atoms with Crippen molar-refractivity contribution in [2.75, 3.05) is 24.1 Å². The molecule has 2 amide bonds. The molecular weight excluding hydrogens is 573 g/mol. The Morgan fingerprint density at radius 1 is 0.930 bits per heavy atom. The number of carbonyl (C=O) groups is 2. The lowest BCUT2D eigenvalue weighted by Gasteiger charge is -2.33. The molecule has 1 atom stereocenters. The summed E-state index contributed by atoms with van der Waals surface area (Å²) in [6.07, 6.45) is 4.98. The highest BCUT2D eigenvalue weighted by Gasteiger charge is 2.34. The minimum atomic E-state index is -4.34. The van der Waals surface area contributed by atoms with Gasteiger partial charge in [-0.15, -0.1) is 0 Å². The molecule has 0 saturated heterocycles. The first kappa shape index (κ1) is 30.3. The van der Waals surface area contributed by atoms with Gasteiger partial charge in [0.25, 0.3) is 10.0 Å². The number of fused-ring (bicyclic) bond motifs is 1. The number of sulfonamides is 1. The zero-order valence-electron chi connectivity index (χ0n) is 24.1. The van der Waals surface area contributed by atoms with Crippen LogP contribution in [-0.4, -0.2) is 57.0 Å². The van der Waals surface area contributed by atoms with Gasteiger partial charge in [0.2, 0.25) is 11.8 Å². The second-order valence-corrected chi connectivity index (χ2v) is 12.7. The summed E-state index contributed by atoms with van der Waals surface area (Å²) in [6.45, 7) is 1.75. The first-order valence-electron chi connectivity index (χ1n) is 14.5. The number of hydrogen-bond donors (Lipinski definition) is 1. The Morgan fingerprint density at radius 3 is 2.30 bits per heavy atom. The number of anilines is 1. The summed E-state index contributed by atoms with van der Waals surface area (Å²) >= 11 is 0. The highest BCUT2D eigenvalue weighted by molar-refractivity contribution is 7.92. The van der Waals surface area contributed by atoms with Crippen molar-refractivity contribution in [3.05, 3.63) is 84.2 Å². The van der Waals surface area contributed by atoms with Crippen LogP contribution < -0.4 is 19.1 Å². The van der Waals surface area contributed by atoms with Gasteiger partial charge in [0.05, 0.1) is 10.6 Å². The van der Waals surface area contributed by atoms with Crippen molar-refractivity contribution in [2.24, 2.45) is 0 Å². The molecule has 0 spiro atoms. The number of carbonyl (C=O) groups excluding carboxylic acids is 2. The van der Waals surface area contributed by atoms with E-state index in [9.17, 15) is 22.4 Å². The van der Waals surface area contributed by atoms with E-state index in [2.05, 4.69) is 5.32 Å². The lowest BCUT2D eigenvalue weighted by atomic mass is 9.95. The largest absolute Gasteiger partial charge is 0.486 e. The number of ether oxygens (including phenoxy) is 2. The summed E-state index contributed by atoms with van der Waals surface area (Å²) in [5.41, 5.74) is 0.889. The van der Waals surface area contributed by atoms with Gasteiger partial charge in [0.15, 0.2) is 11.5 Å². The van der Waals surface area contributed by atoms with Gasteiger partial charge in [-0.2, -0.15) is 0 Å². The first-order valence-corrected chi connectivity index (χ1v) is 16.0. The van der Waals surface area contributed by atoms with Crippen molar-refractivity contribution in [3.63, 3.8) is 0 Å². The monoisotopic (exact) mass is 609 g/mol. The second-order valence-electron chi connectivity index (χ2n) is 10.8. The molecule has 1 aliphatic heterocycles. The van der Waals surface area contributed by atoms with Crippen LogP contribution in [0.15, 0.2) is 77.7 Å². The topological polar surface area (TPSA) is 105 Å². The molecule has 11 heteroatoms. The molecular formula is C32H36FN3O6S. The molecule has 0 radical (unpaired) electrons. The third kappa shape index (κ3) is 7.27. The van der Waals surface area contributed by atoms with Gasteiger partial charge >= 0.3 is 0 Å². The number of benzene rings is 3. The van der Waals surface area contributed by atoms with Crippen LogP contribution in [0.1, 0.15) is 44.6 Å². The molecule has 1 heterocycles. The van der Waals surface area contributed by atoms with E-state index in [4.69, 9.17) is 9.47 Å². The zero-order valence-corrected chi connectivity index (χ0v) is 24.9. The van der Waals surface area contributed by atoms with Crippen molar-refractivity contribution in [3.8, 4) is 11.5 Å². The van der Waals surface area contributed by atoms with Crippen molar-refractivity contribution < 1.29 is 31.9 Å².